The van der Waals surface area contributed by atoms with Crippen LogP contribution in [0.25, 0.3) is 9.75 Å². The highest BCUT2D eigenvalue weighted by Crippen LogP contribution is 2.54. The van der Waals surface area contributed by atoms with Gasteiger partial charge in [-0.15, -0.1) is 22.7 Å². The fraction of sp³-hybridized carbons (Fsp3) is 0.786. The Labute approximate surface area is 287 Å². The van der Waals surface area contributed by atoms with E-state index in [2.05, 4.69) is 39.8 Å². The molecular formula is C42H70OS2. The van der Waals surface area contributed by atoms with E-state index < -0.39 is 0 Å². The second kappa shape index (κ2) is 22.6. The maximum atomic E-state index is 14.4. The third kappa shape index (κ3) is 12.9. The third-order valence-corrected chi connectivity index (χ3v) is 12.8. The van der Waals surface area contributed by atoms with Crippen LogP contribution < -0.4 is 0 Å². The smallest absolute Gasteiger partial charge is 0.174 e. The van der Waals surface area contributed by atoms with E-state index in [1.165, 1.54) is 192 Å². The standard InChI is InChI=1S/C42H70OS2/c1-5-7-9-11-13-15-17-19-21-23-25-27-29-31-42(32-30-28-26-24-22-20-18-16-14-12-10-8-6-2)38-34-36(4)45-40(38)39-37(41(42)43)33-35(3)44-39/h33-34H,5-32H2,1-4H3. The molecule has 0 N–H and O–H groups in total. The van der Waals surface area contributed by atoms with Crippen molar-refractivity contribution in [3.8, 4) is 9.75 Å². The lowest BCUT2D eigenvalue weighted by Crippen LogP contribution is -2.38. The number of carbonyl (C=O) groups excluding carboxylic acids is 1. The molecule has 0 atom stereocenters. The Morgan fingerprint density at radius 3 is 1.20 bits per heavy atom. The van der Waals surface area contributed by atoms with E-state index in [-0.39, 0.29) is 5.41 Å². The fourth-order valence-electron chi connectivity index (χ4n) is 7.78. The molecule has 0 fully saturated rings. The number of unbranched alkanes of at least 4 members (excludes halogenated alkanes) is 24. The molecule has 2 aromatic heterocycles. The first-order valence-electron chi connectivity index (χ1n) is 19.8. The van der Waals surface area contributed by atoms with Gasteiger partial charge in [0, 0.05) is 20.2 Å². The number of fused-ring (bicyclic) bond motifs is 3. The van der Waals surface area contributed by atoms with Gasteiger partial charge in [-0.1, -0.05) is 181 Å². The summed E-state index contributed by atoms with van der Waals surface area (Å²) in [7, 11) is 0. The lowest BCUT2D eigenvalue weighted by Gasteiger charge is -2.36. The molecule has 1 aliphatic rings. The van der Waals surface area contributed by atoms with Crippen LogP contribution in [0.5, 0.6) is 0 Å². The van der Waals surface area contributed by atoms with Gasteiger partial charge >= 0.3 is 0 Å². The summed E-state index contributed by atoms with van der Waals surface area (Å²) in [6.07, 6.45) is 37.8. The summed E-state index contributed by atoms with van der Waals surface area (Å²) in [6, 6.07) is 4.61. The Morgan fingerprint density at radius 2 is 0.800 bits per heavy atom. The molecule has 0 saturated heterocycles. The van der Waals surface area contributed by atoms with E-state index in [1.54, 1.807) is 0 Å². The van der Waals surface area contributed by atoms with Gasteiger partial charge < -0.3 is 0 Å². The van der Waals surface area contributed by atoms with Gasteiger partial charge in [0.25, 0.3) is 0 Å². The van der Waals surface area contributed by atoms with Crippen LogP contribution in [-0.4, -0.2) is 5.78 Å². The van der Waals surface area contributed by atoms with E-state index in [4.69, 9.17) is 0 Å². The summed E-state index contributed by atoms with van der Waals surface area (Å²) >= 11 is 3.77. The monoisotopic (exact) mass is 654 g/mol. The van der Waals surface area contributed by atoms with Crippen molar-refractivity contribution >= 4 is 28.5 Å². The number of aryl methyl sites for hydroxylation is 2. The highest BCUT2D eigenvalue weighted by atomic mass is 32.1. The SMILES string of the molecule is CCCCCCCCCCCCCCCC1(CCCCCCCCCCCCCCC)C(=O)c2cc(C)sc2-c2sc(C)cc21. The third-order valence-electron chi connectivity index (χ3n) is 10.5. The van der Waals surface area contributed by atoms with Gasteiger partial charge in [-0.3, -0.25) is 4.79 Å². The molecule has 0 unspecified atom stereocenters. The van der Waals surface area contributed by atoms with Crippen molar-refractivity contribution in [2.24, 2.45) is 0 Å². The fourth-order valence-corrected chi connectivity index (χ4v) is 10.1. The molecule has 0 spiro atoms. The van der Waals surface area contributed by atoms with Crippen molar-refractivity contribution in [1.29, 1.82) is 0 Å². The molecule has 3 heteroatoms. The molecule has 256 valence electrons. The van der Waals surface area contributed by atoms with Gasteiger partial charge in [-0.05, 0) is 44.4 Å². The van der Waals surface area contributed by atoms with Crippen LogP contribution in [0.4, 0.5) is 0 Å². The first kappa shape index (κ1) is 38.5. The first-order valence-corrected chi connectivity index (χ1v) is 21.4. The predicted octanol–water partition coefficient (Wildman–Crippen LogP) is 15.5. The number of Topliss-reactive ketones (excluding diaryl/α,β-unsaturated/α-hetero) is 1. The quantitative estimate of drug-likeness (QED) is 0.0834. The van der Waals surface area contributed by atoms with E-state index in [9.17, 15) is 4.79 Å². The van der Waals surface area contributed by atoms with Crippen molar-refractivity contribution in [2.75, 3.05) is 0 Å². The van der Waals surface area contributed by atoms with Crippen LogP contribution in [-0.2, 0) is 5.41 Å². The van der Waals surface area contributed by atoms with Crippen molar-refractivity contribution in [2.45, 2.75) is 213 Å². The molecule has 0 aliphatic heterocycles. The minimum absolute atomic E-state index is 0.295. The highest BCUT2D eigenvalue weighted by Gasteiger charge is 2.47. The first-order chi connectivity index (χ1) is 22.0. The van der Waals surface area contributed by atoms with Gasteiger partial charge in [-0.2, -0.15) is 0 Å². The lowest BCUT2D eigenvalue weighted by molar-refractivity contribution is 0.0855. The van der Waals surface area contributed by atoms with Crippen LogP contribution >= 0.6 is 22.7 Å². The number of hydrogen-bond acceptors (Lipinski definition) is 3. The molecule has 2 heterocycles. The number of thiophene rings is 2. The second-order valence-electron chi connectivity index (χ2n) is 14.6. The van der Waals surface area contributed by atoms with Gasteiger partial charge in [-0.25, -0.2) is 0 Å². The largest absolute Gasteiger partial charge is 0.293 e. The normalized spacial score (nSPS) is 13.8. The zero-order valence-corrected chi connectivity index (χ0v) is 31.8. The van der Waals surface area contributed by atoms with Gasteiger partial charge in [0.05, 0.1) is 10.3 Å². The van der Waals surface area contributed by atoms with E-state index in [0.29, 0.717) is 5.78 Å². The zero-order chi connectivity index (χ0) is 32.2. The highest BCUT2D eigenvalue weighted by molar-refractivity contribution is 7.22. The van der Waals surface area contributed by atoms with E-state index in [0.717, 1.165) is 18.4 Å². The molecule has 0 amide bonds. The van der Waals surface area contributed by atoms with E-state index >= 15 is 0 Å². The summed E-state index contributed by atoms with van der Waals surface area (Å²) in [6.45, 7) is 9.02. The maximum absolute atomic E-state index is 14.4. The summed E-state index contributed by atoms with van der Waals surface area (Å²) in [5, 5.41) is 0. The Bertz CT molecular complexity index is 1030. The Morgan fingerprint density at radius 1 is 0.467 bits per heavy atom. The Balaban J connectivity index is 1.44. The van der Waals surface area contributed by atoms with Crippen LogP contribution in [0.2, 0.25) is 0 Å². The minimum atomic E-state index is -0.295. The molecule has 1 aliphatic carbocycles. The molecule has 3 rings (SSSR count). The topological polar surface area (TPSA) is 17.1 Å². The Hall–Kier alpha value is -0.930. The molecule has 0 radical (unpaired) electrons. The minimum Gasteiger partial charge on any atom is -0.293 e. The van der Waals surface area contributed by atoms with Gasteiger partial charge in [0.1, 0.15) is 0 Å². The van der Waals surface area contributed by atoms with Crippen LogP contribution in [0.3, 0.4) is 0 Å². The molecule has 0 aromatic carbocycles. The summed E-state index contributed by atoms with van der Waals surface area (Å²) in [4.78, 5) is 19.8. The lowest BCUT2D eigenvalue weighted by atomic mass is 9.65. The predicted molar refractivity (Wildman–Crippen MR) is 204 cm³/mol. The number of ketones is 1. The van der Waals surface area contributed by atoms with Crippen LogP contribution in [0.1, 0.15) is 219 Å². The number of rotatable bonds is 28. The van der Waals surface area contributed by atoms with Crippen molar-refractivity contribution in [3.63, 3.8) is 0 Å². The summed E-state index contributed by atoms with van der Waals surface area (Å²) in [5.41, 5.74) is 2.13. The van der Waals surface area contributed by atoms with E-state index in [1.807, 2.05) is 22.7 Å². The Kier molecular flexibility index (Phi) is 19.3. The number of hydrogen-bond donors (Lipinski definition) is 0. The second-order valence-corrected chi connectivity index (χ2v) is 17.1. The van der Waals surface area contributed by atoms with Crippen LogP contribution in [0.15, 0.2) is 12.1 Å². The molecule has 2 aromatic rings. The number of carbonyl (C=O) groups is 1. The molecule has 1 nitrogen and oxygen atoms in total. The van der Waals surface area contributed by atoms with Crippen molar-refractivity contribution < 1.29 is 4.79 Å². The zero-order valence-electron chi connectivity index (χ0n) is 30.2. The summed E-state index contributed by atoms with van der Waals surface area (Å²) in [5.74, 6) is 0.449. The molecule has 0 bridgehead atoms. The maximum Gasteiger partial charge on any atom is 0.174 e. The van der Waals surface area contributed by atoms with Gasteiger partial charge in [0.15, 0.2) is 5.78 Å². The summed E-state index contributed by atoms with van der Waals surface area (Å²) < 4.78 is 0. The van der Waals surface area contributed by atoms with Crippen molar-refractivity contribution in [1.82, 2.24) is 0 Å². The van der Waals surface area contributed by atoms with Crippen molar-refractivity contribution in [3.05, 3.63) is 33.0 Å². The molecule has 45 heavy (non-hydrogen) atoms. The average molecular weight is 655 g/mol. The average Bonchev–Trinajstić information content (AvgIpc) is 3.62. The molecule has 0 saturated carbocycles. The van der Waals surface area contributed by atoms with Gasteiger partial charge in [0.2, 0.25) is 0 Å². The molecular weight excluding hydrogens is 585 g/mol. The van der Waals surface area contributed by atoms with Crippen LogP contribution in [0, 0.1) is 13.8 Å².